The van der Waals surface area contributed by atoms with Crippen LogP contribution in [-0.2, 0) is 9.53 Å². The zero-order valence-electron chi connectivity index (χ0n) is 20.4. The largest absolute Gasteiger partial charge is 0.381 e. The molecule has 4 heterocycles. The number of methoxy groups -OCH3 is 1. The third-order valence-corrected chi connectivity index (χ3v) is 8.39. The molecule has 35 heavy (non-hydrogen) atoms. The molecule has 0 atom stereocenters. The van der Waals surface area contributed by atoms with Crippen LogP contribution in [0.4, 0.5) is 11.6 Å². The maximum atomic E-state index is 13.0. The molecule has 0 unspecified atom stereocenters. The number of hydrogen-bond acceptors (Lipinski definition) is 7. The second-order valence-electron chi connectivity index (χ2n) is 9.62. The van der Waals surface area contributed by atoms with Gasteiger partial charge in [-0.1, -0.05) is 6.07 Å². The third-order valence-electron chi connectivity index (χ3n) is 7.21. The molecule has 3 aromatic rings. The van der Waals surface area contributed by atoms with E-state index in [1.54, 1.807) is 24.6 Å². The highest BCUT2D eigenvalue weighted by Gasteiger charge is 2.32. The first-order valence-electron chi connectivity index (χ1n) is 12.5. The number of rotatable bonds is 6. The number of hydrogen-bond donors (Lipinski definition) is 1. The topological polar surface area (TPSA) is 80.2 Å². The van der Waals surface area contributed by atoms with Crippen molar-refractivity contribution in [3.8, 4) is 10.6 Å². The fraction of sp³-hybridized carbons (Fsp3) is 0.481. The minimum atomic E-state index is 0.157. The number of amides is 1. The molecular weight excluding hydrogens is 458 g/mol. The maximum Gasteiger partial charge on any atom is 0.225 e. The summed E-state index contributed by atoms with van der Waals surface area (Å²) in [4.78, 5) is 30.0. The minimum absolute atomic E-state index is 0.157. The Balaban J connectivity index is 1.18. The van der Waals surface area contributed by atoms with E-state index in [1.165, 1.54) is 0 Å². The van der Waals surface area contributed by atoms with Gasteiger partial charge in [0.2, 0.25) is 5.91 Å². The van der Waals surface area contributed by atoms with Gasteiger partial charge in [0, 0.05) is 44.4 Å². The normalized spacial score (nSPS) is 21.1. The van der Waals surface area contributed by atoms with Crippen LogP contribution >= 0.6 is 11.3 Å². The highest BCUT2D eigenvalue weighted by molar-refractivity contribution is 7.15. The van der Waals surface area contributed by atoms with Crippen molar-refractivity contribution < 1.29 is 9.53 Å². The molecule has 2 aliphatic rings. The number of piperidine rings is 1. The van der Waals surface area contributed by atoms with Crippen molar-refractivity contribution in [2.75, 3.05) is 25.5 Å². The summed E-state index contributed by atoms with van der Waals surface area (Å²) in [7, 11) is 1.76. The third kappa shape index (κ3) is 5.70. The van der Waals surface area contributed by atoms with Crippen molar-refractivity contribution in [2.45, 2.75) is 57.5 Å². The van der Waals surface area contributed by atoms with E-state index in [1.807, 2.05) is 43.5 Å². The lowest BCUT2D eigenvalue weighted by Crippen LogP contribution is -2.44. The average molecular weight is 492 g/mol. The van der Waals surface area contributed by atoms with E-state index in [4.69, 9.17) is 14.7 Å². The highest BCUT2D eigenvalue weighted by Crippen LogP contribution is 2.40. The van der Waals surface area contributed by atoms with Crippen LogP contribution in [-0.4, -0.2) is 52.1 Å². The van der Waals surface area contributed by atoms with Gasteiger partial charge in [-0.25, -0.2) is 15.0 Å². The van der Waals surface area contributed by atoms with Crippen LogP contribution in [0.2, 0.25) is 0 Å². The van der Waals surface area contributed by atoms with E-state index >= 15 is 0 Å². The number of nitrogens with one attached hydrogen (secondary N) is 1. The first-order chi connectivity index (χ1) is 17.1. The number of carbonyl (C=O) groups is 1. The summed E-state index contributed by atoms with van der Waals surface area (Å²) in [5, 5.41) is 4.45. The van der Waals surface area contributed by atoms with Gasteiger partial charge in [-0.05, 0) is 75.3 Å². The highest BCUT2D eigenvalue weighted by atomic mass is 32.1. The van der Waals surface area contributed by atoms with Crippen molar-refractivity contribution in [2.24, 2.45) is 5.92 Å². The van der Waals surface area contributed by atoms with E-state index in [-0.39, 0.29) is 5.92 Å². The summed E-state index contributed by atoms with van der Waals surface area (Å²) in [5.41, 5.74) is 2.06. The van der Waals surface area contributed by atoms with E-state index in [2.05, 4.69) is 15.2 Å². The molecule has 0 spiro atoms. The van der Waals surface area contributed by atoms with Crippen LogP contribution < -0.4 is 5.32 Å². The van der Waals surface area contributed by atoms with E-state index < -0.39 is 0 Å². The van der Waals surface area contributed by atoms with Gasteiger partial charge < -0.3 is 15.0 Å². The second-order valence-corrected chi connectivity index (χ2v) is 10.7. The Morgan fingerprint density at radius 1 is 1.06 bits per heavy atom. The Hall–Kier alpha value is -2.84. The summed E-state index contributed by atoms with van der Waals surface area (Å²) >= 11 is 1.72. The number of aromatic nitrogens is 3. The van der Waals surface area contributed by atoms with E-state index in [0.29, 0.717) is 17.9 Å². The molecule has 0 aromatic carbocycles. The molecule has 184 valence electrons. The van der Waals surface area contributed by atoms with Crippen LogP contribution in [0.25, 0.3) is 10.6 Å². The Kier molecular flexibility index (Phi) is 7.39. The van der Waals surface area contributed by atoms with Crippen LogP contribution in [0.15, 0.2) is 42.7 Å². The summed E-state index contributed by atoms with van der Waals surface area (Å²) < 4.78 is 5.44. The second kappa shape index (κ2) is 10.8. The Bertz CT molecular complexity index is 1150. The Morgan fingerprint density at radius 2 is 1.86 bits per heavy atom. The van der Waals surface area contributed by atoms with Crippen LogP contribution in [0.3, 0.4) is 0 Å². The lowest BCUT2D eigenvalue weighted by atomic mass is 9.81. The van der Waals surface area contributed by atoms with Crippen molar-refractivity contribution in [1.82, 2.24) is 19.9 Å². The van der Waals surface area contributed by atoms with Gasteiger partial charge in [0.25, 0.3) is 0 Å². The van der Waals surface area contributed by atoms with Gasteiger partial charge in [0.1, 0.15) is 11.6 Å². The molecule has 1 N–H and O–H groups in total. The van der Waals surface area contributed by atoms with Crippen molar-refractivity contribution in [3.05, 3.63) is 53.3 Å². The van der Waals surface area contributed by atoms with Crippen LogP contribution in [0.5, 0.6) is 0 Å². The lowest BCUT2D eigenvalue weighted by Gasteiger charge is -2.35. The molecule has 7 nitrogen and oxygen atoms in total. The van der Waals surface area contributed by atoms with Gasteiger partial charge in [-0.15, -0.1) is 11.3 Å². The van der Waals surface area contributed by atoms with Crippen molar-refractivity contribution >= 4 is 28.9 Å². The molecule has 5 rings (SSSR count). The molecule has 0 radical (unpaired) electrons. The van der Waals surface area contributed by atoms with Gasteiger partial charge in [-0.3, -0.25) is 4.79 Å². The average Bonchev–Trinajstić information content (AvgIpc) is 3.39. The quantitative estimate of drug-likeness (QED) is 0.486. The number of carbonyl (C=O) groups excluding carboxylic acids is 1. The van der Waals surface area contributed by atoms with E-state index in [9.17, 15) is 4.79 Å². The molecule has 1 saturated carbocycles. The van der Waals surface area contributed by atoms with Crippen molar-refractivity contribution in [3.63, 3.8) is 0 Å². The molecule has 1 aliphatic heterocycles. The molecule has 1 amide bonds. The molecule has 3 aromatic heterocycles. The number of aryl methyl sites for hydroxylation is 1. The summed E-state index contributed by atoms with van der Waals surface area (Å²) in [5.74, 6) is 2.48. The van der Waals surface area contributed by atoms with Gasteiger partial charge in [-0.2, -0.15) is 0 Å². The molecule has 8 heteroatoms. The van der Waals surface area contributed by atoms with Crippen molar-refractivity contribution in [1.29, 1.82) is 0 Å². The standard InChI is InChI=1S/C27H33N5O2S/c1-18-10-13-28-25(16-18)31-24-5-3-4-22(30-24)23-17-29-26(35-23)19-6-8-20(9-7-19)27(33)32-14-11-21(34-2)12-15-32/h3-5,10,13,16-17,19-21H,6-9,11-12,14-15H2,1-2H3,(H,28,30,31). The minimum Gasteiger partial charge on any atom is -0.381 e. The summed E-state index contributed by atoms with van der Waals surface area (Å²) in [6.07, 6.45) is 9.87. The zero-order chi connectivity index (χ0) is 24.2. The number of pyridine rings is 2. The lowest BCUT2D eigenvalue weighted by molar-refractivity contribution is -0.139. The summed E-state index contributed by atoms with van der Waals surface area (Å²) in [6.45, 7) is 3.70. The fourth-order valence-electron chi connectivity index (χ4n) is 5.13. The number of ether oxygens (including phenoxy) is 1. The van der Waals surface area contributed by atoms with Gasteiger partial charge >= 0.3 is 0 Å². The monoisotopic (exact) mass is 491 g/mol. The van der Waals surface area contributed by atoms with Gasteiger partial charge in [0.15, 0.2) is 0 Å². The fourth-order valence-corrected chi connectivity index (χ4v) is 6.19. The predicted octanol–water partition coefficient (Wildman–Crippen LogP) is 5.56. The first kappa shape index (κ1) is 23.9. The van der Waals surface area contributed by atoms with E-state index in [0.717, 1.165) is 84.4 Å². The van der Waals surface area contributed by atoms with Crippen LogP contribution in [0.1, 0.15) is 55.0 Å². The van der Waals surface area contributed by atoms with Gasteiger partial charge in [0.05, 0.1) is 21.7 Å². The molecule has 2 fully saturated rings. The molecule has 1 saturated heterocycles. The Labute approximate surface area is 211 Å². The maximum absolute atomic E-state index is 13.0. The molecular formula is C27H33N5O2S. The SMILES string of the molecule is COC1CCN(C(=O)C2CCC(c3ncc(-c4cccc(Nc5cc(C)ccn5)n4)s3)CC2)CC1. The van der Waals surface area contributed by atoms with Crippen LogP contribution in [0, 0.1) is 12.8 Å². The summed E-state index contributed by atoms with van der Waals surface area (Å²) in [6, 6.07) is 9.95. The number of thiazole rings is 1. The predicted molar refractivity (Wildman–Crippen MR) is 139 cm³/mol. The molecule has 0 bridgehead atoms. The first-order valence-corrected chi connectivity index (χ1v) is 13.3. The molecule has 1 aliphatic carbocycles. The number of anilines is 2. The number of likely N-dealkylation sites (tertiary alicyclic amines) is 1. The number of nitrogens with zero attached hydrogens (tertiary/aromatic N) is 4. The zero-order valence-corrected chi connectivity index (χ0v) is 21.3. The Morgan fingerprint density at radius 3 is 2.60 bits per heavy atom. The smallest absolute Gasteiger partial charge is 0.225 e.